The highest BCUT2D eigenvalue weighted by atomic mass is 15.3. The number of hydrogen-bond acceptors (Lipinski definition) is 7. The molecule has 0 aliphatic rings. The van der Waals surface area contributed by atoms with Crippen LogP contribution >= 0.6 is 0 Å². The fourth-order valence-electron chi connectivity index (χ4n) is 1.61. The van der Waals surface area contributed by atoms with Crippen molar-refractivity contribution in [3.05, 3.63) is 18.5 Å². The standard InChI is InChI=1S/C9H11N9/c1-18-4-14-17-5(18)2-11-7-6-8(13-3-12-6)16-9(10)15-7/h3-4H,2H2,1H3,(H4,10,11,12,13,15,16). The maximum absolute atomic E-state index is 5.61. The summed E-state index contributed by atoms with van der Waals surface area (Å²) in [5.74, 6) is 1.56. The number of nitrogens with one attached hydrogen (secondary N) is 2. The second-order valence-corrected chi connectivity index (χ2v) is 3.74. The molecule has 0 amide bonds. The molecule has 0 aliphatic heterocycles. The summed E-state index contributed by atoms with van der Waals surface area (Å²) in [5, 5.41) is 10.9. The molecule has 0 spiro atoms. The highest BCUT2D eigenvalue weighted by Crippen LogP contribution is 2.17. The van der Waals surface area contributed by atoms with Crippen LogP contribution in [0.2, 0.25) is 0 Å². The Bertz CT molecular complexity index is 682. The molecule has 0 unspecified atom stereocenters. The molecule has 0 fully saturated rings. The molecule has 0 bridgehead atoms. The predicted molar refractivity (Wildman–Crippen MR) is 64.4 cm³/mol. The van der Waals surface area contributed by atoms with Crippen LogP contribution < -0.4 is 11.1 Å². The van der Waals surface area contributed by atoms with Gasteiger partial charge in [0, 0.05) is 7.05 Å². The fourth-order valence-corrected chi connectivity index (χ4v) is 1.61. The van der Waals surface area contributed by atoms with E-state index in [2.05, 4.69) is 35.5 Å². The van der Waals surface area contributed by atoms with Crippen LogP contribution in [-0.4, -0.2) is 34.7 Å². The summed E-state index contributed by atoms with van der Waals surface area (Å²) in [7, 11) is 1.87. The van der Waals surface area contributed by atoms with Crippen molar-refractivity contribution in [2.24, 2.45) is 7.05 Å². The maximum atomic E-state index is 5.61. The number of aromatic nitrogens is 7. The van der Waals surface area contributed by atoms with Crippen LogP contribution in [-0.2, 0) is 13.6 Å². The van der Waals surface area contributed by atoms with Crippen molar-refractivity contribution in [2.45, 2.75) is 6.54 Å². The summed E-state index contributed by atoms with van der Waals surface area (Å²) in [5.41, 5.74) is 6.86. The van der Waals surface area contributed by atoms with Crippen LogP contribution in [0.25, 0.3) is 11.2 Å². The third-order valence-electron chi connectivity index (χ3n) is 2.52. The van der Waals surface area contributed by atoms with Gasteiger partial charge < -0.3 is 20.6 Å². The molecule has 0 saturated heterocycles. The molecule has 0 aliphatic carbocycles. The Morgan fingerprint density at radius 3 is 3.11 bits per heavy atom. The van der Waals surface area contributed by atoms with Gasteiger partial charge in [-0.15, -0.1) is 10.2 Å². The van der Waals surface area contributed by atoms with Crippen molar-refractivity contribution in [2.75, 3.05) is 11.1 Å². The number of aryl methyl sites for hydroxylation is 1. The van der Waals surface area contributed by atoms with Crippen molar-refractivity contribution >= 4 is 22.9 Å². The minimum Gasteiger partial charge on any atom is -0.368 e. The molecule has 0 aromatic carbocycles. The van der Waals surface area contributed by atoms with Gasteiger partial charge in [0.15, 0.2) is 17.3 Å². The maximum Gasteiger partial charge on any atom is 0.224 e. The first kappa shape index (κ1) is 10.4. The highest BCUT2D eigenvalue weighted by Gasteiger charge is 2.09. The number of hydrogen-bond donors (Lipinski definition) is 3. The van der Waals surface area contributed by atoms with Gasteiger partial charge in [-0.2, -0.15) is 9.97 Å². The van der Waals surface area contributed by atoms with Crippen molar-refractivity contribution in [3.8, 4) is 0 Å². The smallest absolute Gasteiger partial charge is 0.224 e. The number of nitrogen functional groups attached to an aromatic ring is 1. The summed E-state index contributed by atoms with van der Waals surface area (Å²) in [6, 6.07) is 0. The molecule has 9 nitrogen and oxygen atoms in total. The zero-order valence-corrected chi connectivity index (χ0v) is 9.62. The summed E-state index contributed by atoms with van der Waals surface area (Å²) in [4.78, 5) is 15.1. The molecule has 0 atom stereocenters. The average molecular weight is 245 g/mol. The Balaban J connectivity index is 1.90. The number of nitrogens with two attached hydrogens (primary N) is 1. The third-order valence-corrected chi connectivity index (χ3v) is 2.52. The van der Waals surface area contributed by atoms with Crippen molar-refractivity contribution in [3.63, 3.8) is 0 Å². The Morgan fingerprint density at radius 2 is 2.33 bits per heavy atom. The molecule has 3 aromatic heterocycles. The second-order valence-electron chi connectivity index (χ2n) is 3.74. The van der Waals surface area contributed by atoms with E-state index in [-0.39, 0.29) is 5.95 Å². The highest BCUT2D eigenvalue weighted by molar-refractivity contribution is 5.83. The number of aromatic amines is 1. The normalized spacial score (nSPS) is 10.9. The molecule has 0 radical (unpaired) electrons. The quantitative estimate of drug-likeness (QED) is 0.577. The molecule has 9 heteroatoms. The summed E-state index contributed by atoms with van der Waals surface area (Å²) < 4.78 is 1.82. The van der Waals surface area contributed by atoms with Gasteiger partial charge in [0.2, 0.25) is 5.95 Å². The Morgan fingerprint density at radius 1 is 1.44 bits per heavy atom. The van der Waals surface area contributed by atoms with Crippen molar-refractivity contribution < 1.29 is 0 Å². The Labute approximate surface area is 101 Å². The van der Waals surface area contributed by atoms with Crippen LogP contribution in [0.5, 0.6) is 0 Å². The molecule has 3 heterocycles. The van der Waals surface area contributed by atoms with E-state index in [1.165, 1.54) is 0 Å². The number of nitrogens with zero attached hydrogens (tertiary/aromatic N) is 6. The van der Waals surface area contributed by atoms with E-state index in [1.54, 1.807) is 12.7 Å². The van der Waals surface area contributed by atoms with E-state index >= 15 is 0 Å². The van der Waals surface area contributed by atoms with Crippen LogP contribution in [0.1, 0.15) is 5.82 Å². The Hall–Kier alpha value is -2.71. The third kappa shape index (κ3) is 1.71. The molecular formula is C9H11N9. The summed E-state index contributed by atoms with van der Waals surface area (Å²) in [6.07, 6.45) is 3.18. The fraction of sp³-hybridized carbons (Fsp3) is 0.222. The van der Waals surface area contributed by atoms with Crippen molar-refractivity contribution in [1.82, 2.24) is 34.7 Å². The lowest BCUT2D eigenvalue weighted by molar-refractivity contribution is 0.810. The summed E-state index contributed by atoms with van der Waals surface area (Å²) >= 11 is 0. The first-order valence-corrected chi connectivity index (χ1v) is 5.27. The lowest BCUT2D eigenvalue weighted by atomic mass is 10.4. The first-order valence-electron chi connectivity index (χ1n) is 5.27. The first-order chi connectivity index (χ1) is 8.74. The number of imidazole rings is 1. The van der Waals surface area contributed by atoms with Crippen molar-refractivity contribution in [1.29, 1.82) is 0 Å². The number of fused-ring (bicyclic) bond motifs is 1. The molecule has 4 N–H and O–H groups in total. The van der Waals surface area contributed by atoms with Gasteiger partial charge in [-0.1, -0.05) is 0 Å². The number of anilines is 2. The monoisotopic (exact) mass is 245 g/mol. The van der Waals surface area contributed by atoms with Gasteiger partial charge in [0.25, 0.3) is 0 Å². The van der Waals surface area contributed by atoms with Gasteiger partial charge in [-0.05, 0) is 0 Å². The van der Waals surface area contributed by atoms with E-state index in [1.807, 2.05) is 11.6 Å². The minimum absolute atomic E-state index is 0.176. The topological polar surface area (TPSA) is 123 Å². The van der Waals surface area contributed by atoms with Gasteiger partial charge in [-0.25, -0.2) is 4.98 Å². The van der Waals surface area contributed by atoms with E-state index in [0.717, 1.165) is 5.82 Å². The van der Waals surface area contributed by atoms with Gasteiger partial charge >= 0.3 is 0 Å². The van der Waals surface area contributed by atoms with Crippen LogP contribution in [0, 0.1) is 0 Å². The van der Waals surface area contributed by atoms with Gasteiger partial charge in [0.05, 0.1) is 12.9 Å². The lowest BCUT2D eigenvalue weighted by Crippen LogP contribution is -2.08. The van der Waals surface area contributed by atoms with E-state index in [0.29, 0.717) is 23.5 Å². The zero-order chi connectivity index (χ0) is 12.5. The average Bonchev–Trinajstić information content (AvgIpc) is 2.94. The van der Waals surface area contributed by atoms with Crippen LogP contribution in [0.4, 0.5) is 11.8 Å². The second kappa shape index (κ2) is 3.95. The van der Waals surface area contributed by atoms with Crippen LogP contribution in [0.3, 0.4) is 0 Å². The number of H-pyrrole nitrogens is 1. The molecule has 3 rings (SSSR count). The van der Waals surface area contributed by atoms with Gasteiger partial charge in [0.1, 0.15) is 11.8 Å². The zero-order valence-electron chi connectivity index (χ0n) is 9.62. The van der Waals surface area contributed by atoms with Crippen LogP contribution in [0.15, 0.2) is 12.7 Å². The van der Waals surface area contributed by atoms with E-state index in [4.69, 9.17) is 5.73 Å². The number of rotatable bonds is 3. The molecule has 18 heavy (non-hydrogen) atoms. The van der Waals surface area contributed by atoms with E-state index < -0.39 is 0 Å². The SMILES string of the molecule is Cn1cnnc1CNc1nc(N)nc2nc[nH]c12. The predicted octanol–water partition coefficient (Wildman–Crippen LogP) is -0.324. The van der Waals surface area contributed by atoms with E-state index in [9.17, 15) is 0 Å². The Kier molecular flexibility index (Phi) is 2.29. The lowest BCUT2D eigenvalue weighted by Gasteiger charge is -2.06. The summed E-state index contributed by atoms with van der Waals surface area (Å²) in [6.45, 7) is 0.487. The van der Waals surface area contributed by atoms with Gasteiger partial charge in [-0.3, -0.25) is 0 Å². The molecule has 3 aromatic rings. The molecule has 0 saturated carbocycles. The largest absolute Gasteiger partial charge is 0.368 e. The molecule has 92 valence electrons. The minimum atomic E-state index is 0.176. The molecular weight excluding hydrogens is 234 g/mol.